The lowest BCUT2D eigenvalue weighted by Crippen LogP contribution is -2.23. The van der Waals surface area contributed by atoms with Crippen LogP contribution in [-0.4, -0.2) is 30.8 Å². The Labute approximate surface area is 105 Å². The van der Waals surface area contributed by atoms with E-state index in [1.165, 1.54) is 6.07 Å². The van der Waals surface area contributed by atoms with E-state index in [2.05, 4.69) is 0 Å². The molecular formula is C9H7F3O4S2. The Hall–Kier alpha value is -1.22. The molecule has 0 aliphatic rings. The molecule has 1 aromatic carbocycles. The van der Waals surface area contributed by atoms with Gasteiger partial charge in [0.2, 0.25) is 0 Å². The second kappa shape index (κ2) is 5.19. The van der Waals surface area contributed by atoms with Gasteiger partial charge in [-0.25, -0.2) is 8.42 Å². The smallest absolute Gasteiger partial charge is 0.481 e. The van der Waals surface area contributed by atoms with Crippen molar-refractivity contribution in [3.8, 4) is 0 Å². The third kappa shape index (κ3) is 3.16. The molecule has 0 saturated heterocycles. The molecule has 1 aromatic rings. The van der Waals surface area contributed by atoms with Crippen LogP contribution in [0.5, 0.6) is 0 Å². The molecule has 0 saturated carbocycles. The van der Waals surface area contributed by atoms with Crippen LogP contribution in [0.1, 0.15) is 0 Å². The molecule has 0 atom stereocenters. The summed E-state index contributed by atoms with van der Waals surface area (Å²) in [6.07, 6.45) is 0. The number of carboxylic acid groups (broad SMARTS) is 1. The lowest BCUT2D eigenvalue weighted by molar-refractivity contribution is -0.133. The van der Waals surface area contributed by atoms with Crippen molar-refractivity contribution >= 4 is 27.6 Å². The van der Waals surface area contributed by atoms with Crippen molar-refractivity contribution in [1.82, 2.24) is 0 Å². The fourth-order valence-corrected chi connectivity index (χ4v) is 3.07. The largest absolute Gasteiger partial charge is 0.501 e. The second-order valence-electron chi connectivity index (χ2n) is 3.08. The SMILES string of the molecule is O=C(O)CSc1ccccc1S(=O)(=O)C(F)(F)F. The molecule has 100 valence electrons. The second-order valence-corrected chi connectivity index (χ2v) is 6.01. The van der Waals surface area contributed by atoms with E-state index in [0.29, 0.717) is 11.8 Å². The van der Waals surface area contributed by atoms with Gasteiger partial charge in [0, 0.05) is 4.90 Å². The third-order valence-corrected chi connectivity index (χ3v) is 4.53. The van der Waals surface area contributed by atoms with Crippen LogP contribution < -0.4 is 0 Å². The van der Waals surface area contributed by atoms with Gasteiger partial charge >= 0.3 is 11.5 Å². The van der Waals surface area contributed by atoms with Crippen LogP contribution in [0, 0.1) is 0 Å². The van der Waals surface area contributed by atoms with Crippen LogP contribution in [0.2, 0.25) is 0 Å². The summed E-state index contributed by atoms with van der Waals surface area (Å²) in [5.41, 5.74) is -5.41. The van der Waals surface area contributed by atoms with Crippen LogP contribution in [0.4, 0.5) is 13.2 Å². The van der Waals surface area contributed by atoms with E-state index in [4.69, 9.17) is 5.11 Å². The molecule has 0 radical (unpaired) electrons. The monoisotopic (exact) mass is 300 g/mol. The number of halogens is 3. The van der Waals surface area contributed by atoms with Crippen LogP contribution in [-0.2, 0) is 14.6 Å². The molecule has 4 nitrogen and oxygen atoms in total. The number of hydrogen-bond acceptors (Lipinski definition) is 4. The number of thioether (sulfide) groups is 1. The zero-order chi connectivity index (χ0) is 14.0. The Kier molecular flexibility index (Phi) is 4.28. The maximum Gasteiger partial charge on any atom is 0.501 e. The summed E-state index contributed by atoms with van der Waals surface area (Å²) in [5.74, 6) is -1.77. The first kappa shape index (κ1) is 14.8. The van der Waals surface area contributed by atoms with E-state index >= 15 is 0 Å². The normalized spacial score (nSPS) is 12.4. The van der Waals surface area contributed by atoms with Gasteiger partial charge in [0.1, 0.15) is 0 Å². The quantitative estimate of drug-likeness (QED) is 0.863. The van der Waals surface area contributed by atoms with Crippen molar-refractivity contribution in [2.45, 2.75) is 15.3 Å². The summed E-state index contributed by atoms with van der Waals surface area (Å²) in [5, 5.41) is 8.44. The number of carboxylic acids is 1. The number of benzene rings is 1. The Balaban J connectivity index is 3.22. The van der Waals surface area contributed by atoms with Crippen molar-refractivity contribution in [2.24, 2.45) is 0 Å². The maximum atomic E-state index is 12.4. The first-order valence-electron chi connectivity index (χ1n) is 4.41. The number of hydrogen-bond donors (Lipinski definition) is 1. The van der Waals surface area contributed by atoms with Crippen molar-refractivity contribution in [2.75, 3.05) is 5.75 Å². The molecule has 0 amide bonds. The van der Waals surface area contributed by atoms with Crippen molar-refractivity contribution in [1.29, 1.82) is 0 Å². The Bertz CT molecular complexity index is 551. The first-order valence-corrected chi connectivity index (χ1v) is 6.88. The van der Waals surface area contributed by atoms with Gasteiger partial charge in [-0.15, -0.1) is 11.8 Å². The molecule has 0 aliphatic heterocycles. The molecule has 18 heavy (non-hydrogen) atoms. The highest BCUT2D eigenvalue weighted by molar-refractivity contribution is 8.01. The third-order valence-electron chi connectivity index (χ3n) is 1.79. The summed E-state index contributed by atoms with van der Waals surface area (Å²) < 4.78 is 59.6. The van der Waals surface area contributed by atoms with Gasteiger partial charge in [0.15, 0.2) is 0 Å². The number of sulfone groups is 1. The van der Waals surface area contributed by atoms with Gasteiger partial charge in [-0.1, -0.05) is 12.1 Å². The minimum Gasteiger partial charge on any atom is -0.481 e. The van der Waals surface area contributed by atoms with Gasteiger partial charge in [0.05, 0.1) is 10.6 Å². The fraction of sp³-hybridized carbons (Fsp3) is 0.222. The van der Waals surface area contributed by atoms with Crippen LogP contribution in [0.25, 0.3) is 0 Å². The number of alkyl halides is 3. The topological polar surface area (TPSA) is 71.4 Å². The van der Waals surface area contributed by atoms with Gasteiger partial charge in [-0.05, 0) is 12.1 Å². The minimum absolute atomic E-state index is 0.239. The summed E-state index contributed by atoms with van der Waals surface area (Å²) in [6, 6.07) is 4.41. The number of carbonyl (C=O) groups is 1. The highest BCUT2D eigenvalue weighted by Crippen LogP contribution is 2.35. The van der Waals surface area contributed by atoms with Crippen molar-refractivity contribution < 1.29 is 31.5 Å². The Morgan fingerprint density at radius 1 is 1.28 bits per heavy atom. The van der Waals surface area contributed by atoms with Gasteiger partial charge in [-0.2, -0.15) is 13.2 Å². The summed E-state index contributed by atoms with van der Waals surface area (Å²) in [4.78, 5) is 9.17. The van der Waals surface area contributed by atoms with Gasteiger partial charge in [-0.3, -0.25) is 4.79 Å². The van der Waals surface area contributed by atoms with Crippen molar-refractivity contribution in [3.63, 3.8) is 0 Å². The molecule has 0 fully saturated rings. The fourth-order valence-electron chi connectivity index (χ4n) is 1.06. The van der Waals surface area contributed by atoms with E-state index in [-0.39, 0.29) is 4.90 Å². The molecule has 0 aromatic heterocycles. The summed E-state index contributed by atoms with van der Waals surface area (Å²) in [7, 11) is -5.47. The molecular weight excluding hydrogens is 293 g/mol. The van der Waals surface area contributed by atoms with Gasteiger partial charge in [0.25, 0.3) is 9.84 Å². The number of rotatable bonds is 4. The predicted molar refractivity (Wildman–Crippen MR) is 58.0 cm³/mol. The van der Waals surface area contributed by atoms with Crippen LogP contribution in [0.15, 0.2) is 34.1 Å². The molecule has 0 aliphatic carbocycles. The molecule has 1 N–H and O–H groups in total. The van der Waals surface area contributed by atoms with Gasteiger partial charge < -0.3 is 5.11 Å². The van der Waals surface area contributed by atoms with E-state index < -0.39 is 32.0 Å². The van der Waals surface area contributed by atoms with E-state index in [1.807, 2.05) is 0 Å². The highest BCUT2D eigenvalue weighted by Gasteiger charge is 2.47. The predicted octanol–water partition coefficient (Wildman–Crippen LogP) is 2.16. The average Bonchev–Trinajstić information content (AvgIpc) is 2.25. The van der Waals surface area contributed by atoms with E-state index in [1.54, 1.807) is 0 Å². The standard InChI is InChI=1S/C9H7F3O4S2/c10-9(11,12)18(15,16)7-4-2-1-3-6(7)17-5-8(13)14/h1-4H,5H2,(H,13,14). The molecule has 9 heteroatoms. The Morgan fingerprint density at radius 2 is 1.83 bits per heavy atom. The number of aliphatic carboxylic acids is 1. The lowest BCUT2D eigenvalue weighted by Gasteiger charge is -2.11. The average molecular weight is 300 g/mol. The first-order chi connectivity index (χ1) is 8.16. The Morgan fingerprint density at radius 3 is 2.33 bits per heavy atom. The molecule has 1 rings (SSSR count). The van der Waals surface area contributed by atoms with Crippen LogP contribution in [0.3, 0.4) is 0 Å². The van der Waals surface area contributed by atoms with E-state index in [9.17, 15) is 26.4 Å². The summed E-state index contributed by atoms with van der Waals surface area (Å²) >= 11 is 0.519. The molecule has 0 unspecified atom stereocenters. The van der Waals surface area contributed by atoms with Crippen LogP contribution >= 0.6 is 11.8 Å². The zero-order valence-electron chi connectivity index (χ0n) is 8.64. The highest BCUT2D eigenvalue weighted by atomic mass is 32.2. The molecule has 0 bridgehead atoms. The summed E-state index contributed by atoms with van der Waals surface area (Å²) in [6.45, 7) is 0. The van der Waals surface area contributed by atoms with E-state index in [0.717, 1.165) is 18.2 Å². The molecule has 0 heterocycles. The maximum absolute atomic E-state index is 12.4. The molecule has 0 spiro atoms. The zero-order valence-corrected chi connectivity index (χ0v) is 10.3. The lowest BCUT2D eigenvalue weighted by atomic mass is 10.4. The van der Waals surface area contributed by atoms with Crippen molar-refractivity contribution in [3.05, 3.63) is 24.3 Å². The minimum atomic E-state index is -5.47.